The lowest BCUT2D eigenvalue weighted by atomic mass is 9.85. The van der Waals surface area contributed by atoms with E-state index in [0.717, 1.165) is 6.42 Å². The Hall–Kier alpha value is -0.150. The first kappa shape index (κ1) is 9.85. The van der Waals surface area contributed by atoms with E-state index in [4.69, 9.17) is 5.73 Å². The molecule has 0 aliphatic rings. The minimum absolute atomic E-state index is 0.113. The predicted molar refractivity (Wildman–Crippen MR) is 44.4 cm³/mol. The van der Waals surface area contributed by atoms with Gasteiger partial charge in [0.25, 0.3) is 0 Å². The third-order valence-corrected chi connectivity index (χ3v) is 2.42. The van der Waals surface area contributed by atoms with Crippen LogP contribution in [0.1, 0.15) is 27.2 Å². The molecular weight excluding hydrogens is 146 g/mol. The summed E-state index contributed by atoms with van der Waals surface area (Å²) in [4.78, 5) is 10.8. The van der Waals surface area contributed by atoms with Gasteiger partial charge in [-0.3, -0.25) is 0 Å². The van der Waals surface area contributed by atoms with Crippen molar-refractivity contribution < 1.29 is 4.79 Å². The summed E-state index contributed by atoms with van der Waals surface area (Å²) in [5.41, 5.74) is 5.13. The van der Waals surface area contributed by atoms with Crippen molar-refractivity contribution in [3.8, 4) is 0 Å². The van der Waals surface area contributed by atoms with E-state index in [2.05, 4.69) is 12.6 Å². The molecule has 0 bridgehead atoms. The highest BCUT2D eigenvalue weighted by atomic mass is 32.1. The zero-order valence-corrected chi connectivity index (χ0v) is 7.49. The molecule has 2 N–H and O–H groups in total. The Kier molecular flexibility index (Phi) is 3.25. The Labute approximate surface area is 67.6 Å². The van der Waals surface area contributed by atoms with Gasteiger partial charge in [-0.25, -0.2) is 0 Å². The van der Waals surface area contributed by atoms with Gasteiger partial charge >= 0.3 is 0 Å². The number of rotatable bonds is 3. The highest BCUT2D eigenvalue weighted by Crippen LogP contribution is 2.21. The van der Waals surface area contributed by atoms with Crippen LogP contribution < -0.4 is 5.73 Å². The molecule has 0 saturated carbocycles. The van der Waals surface area contributed by atoms with Gasteiger partial charge in [-0.2, -0.15) is 0 Å². The van der Waals surface area contributed by atoms with E-state index >= 15 is 0 Å². The molecule has 0 fully saturated rings. The maximum atomic E-state index is 10.8. The number of hydrogen-bond acceptors (Lipinski definition) is 3. The summed E-state index contributed by atoms with van der Waals surface area (Å²) in [6, 6.07) is -0.113. The summed E-state index contributed by atoms with van der Waals surface area (Å²) in [5, 5.41) is -0.248. The monoisotopic (exact) mass is 160 g/mol. The van der Waals surface area contributed by atoms with Crippen molar-refractivity contribution in [1.29, 1.82) is 0 Å². The molecule has 0 saturated heterocycles. The van der Waals surface area contributed by atoms with E-state index in [-0.39, 0.29) is 11.2 Å². The van der Waals surface area contributed by atoms with E-state index < -0.39 is 5.41 Å². The van der Waals surface area contributed by atoms with Gasteiger partial charge in [-0.05, 0) is 6.42 Å². The lowest BCUT2D eigenvalue weighted by Gasteiger charge is -2.32. The van der Waals surface area contributed by atoms with Gasteiger partial charge in [-0.1, -0.05) is 20.8 Å². The minimum Gasteiger partial charge on any atom is -0.741 e. The van der Waals surface area contributed by atoms with Crippen LogP contribution in [0.15, 0.2) is 0 Å². The Bertz CT molecular complexity index is 134. The van der Waals surface area contributed by atoms with Crippen LogP contribution in [-0.2, 0) is 17.4 Å². The summed E-state index contributed by atoms with van der Waals surface area (Å²) in [6.45, 7) is 5.53. The SMILES string of the molecule is CCC(N)C(C)(C)C(=O)[S-]. The van der Waals surface area contributed by atoms with Gasteiger partial charge < -0.3 is 23.2 Å². The fraction of sp³-hybridized carbons (Fsp3) is 0.857. The maximum Gasteiger partial charge on any atom is 0.0191 e. The smallest absolute Gasteiger partial charge is 0.0191 e. The Morgan fingerprint density at radius 3 is 2.20 bits per heavy atom. The van der Waals surface area contributed by atoms with Gasteiger partial charge in [0.15, 0.2) is 0 Å². The van der Waals surface area contributed by atoms with E-state index in [9.17, 15) is 4.79 Å². The Morgan fingerprint density at radius 2 is 2.10 bits per heavy atom. The average Bonchev–Trinajstić information content (AvgIpc) is 1.86. The van der Waals surface area contributed by atoms with Gasteiger partial charge in [0.05, 0.1) is 0 Å². The number of carbonyl (C=O) groups is 1. The van der Waals surface area contributed by atoms with Crippen LogP contribution >= 0.6 is 0 Å². The molecule has 3 heteroatoms. The minimum atomic E-state index is -0.538. The molecule has 1 atom stereocenters. The topological polar surface area (TPSA) is 43.1 Å². The third-order valence-electron chi connectivity index (χ3n) is 1.89. The van der Waals surface area contributed by atoms with Crippen molar-refractivity contribution in [2.75, 3.05) is 0 Å². The lowest BCUT2D eigenvalue weighted by Crippen LogP contribution is -2.41. The van der Waals surface area contributed by atoms with Crippen molar-refractivity contribution in [3.63, 3.8) is 0 Å². The van der Waals surface area contributed by atoms with Crippen LogP contribution in [0.5, 0.6) is 0 Å². The van der Waals surface area contributed by atoms with Crippen LogP contribution in [0.4, 0.5) is 0 Å². The molecular formula is C7H14NOS-. The molecule has 0 aliphatic heterocycles. The number of nitrogens with two attached hydrogens (primary N) is 1. The first-order chi connectivity index (χ1) is 4.42. The first-order valence-corrected chi connectivity index (χ1v) is 3.80. The van der Waals surface area contributed by atoms with Gasteiger partial charge in [0, 0.05) is 16.6 Å². The summed E-state index contributed by atoms with van der Waals surface area (Å²) in [5.74, 6) is 0. The van der Waals surface area contributed by atoms with Crippen LogP contribution in [0.25, 0.3) is 0 Å². The quantitative estimate of drug-likeness (QED) is 0.622. The lowest BCUT2D eigenvalue weighted by molar-refractivity contribution is -0.119. The van der Waals surface area contributed by atoms with Gasteiger partial charge in [0.2, 0.25) is 0 Å². The summed E-state index contributed by atoms with van der Waals surface area (Å²) in [7, 11) is 0. The van der Waals surface area contributed by atoms with Crippen molar-refractivity contribution in [2.45, 2.75) is 33.2 Å². The summed E-state index contributed by atoms with van der Waals surface area (Å²) < 4.78 is 0. The average molecular weight is 160 g/mol. The largest absolute Gasteiger partial charge is 0.741 e. The molecule has 0 aromatic rings. The Balaban J connectivity index is 4.23. The third kappa shape index (κ3) is 1.92. The molecule has 0 aromatic carbocycles. The van der Waals surface area contributed by atoms with Crippen molar-refractivity contribution in [2.24, 2.45) is 11.1 Å². The van der Waals surface area contributed by atoms with Gasteiger partial charge in [-0.15, -0.1) is 0 Å². The fourth-order valence-corrected chi connectivity index (χ4v) is 0.813. The van der Waals surface area contributed by atoms with Crippen molar-refractivity contribution in [1.82, 2.24) is 0 Å². The highest BCUT2D eigenvalue weighted by Gasteiger charge is 2.25. The second-order valence-electron chi connectivity index (χ2n) is 3.02. The Morgan fingerprint density at radius 1 is 1.70 bits per heavy atom. The van der Waals surface area contributed by atoms with Crippen LogP contribution in [0, 0.1) is 5.41 Å². The van der Waals surface area contributed by atoms with Crippen LogP contribution in [0.3, 0.4) is 0 Å². The van der Waals surface area contributed by atoms with Crippen LogP contribution in [-0.4, -0.2) is 11.2 Å². The molecule has 0 radical (unpaired) electrons. The molecule has 0 rings (SSSR count). The zero-order chi connectivity index (χ0) is 8.36. The molecule has 0 amide bonds. The predicted octanol–water partition coefficient (Wildman–Crippen LogP) is 0.823. The van der Waals surface area contributed by atoms with Crippen molar-refractivity contribution >= 4 is 17.7 Å². The molecule has 0 spiro atoms. The second kappa shape index (κ2) is 3.30. The van der Waals surface area contributed by atoms with Crippen molar-refractivity contribution in [3.05, 3.63) is 0 Å². The normalized spacial score (nSPS) is 14.8. The fourth-order valence-electron chi connectivity index (χ4n) is 0.662. The van der Waals surface area contributed by atoms with Crippen LogP contribution in [0.2, 0.25) is 0 Å². The molecule has 0 aromatic heterocycles. The summed E-state index contributed by atoms with van der Waals surface area (Å²) in [6.07, 6.45) is 0.787. The standard InChI is InChI=1S/C7H15NOS/c1-4-5(8)7(2,3)6(9)10/h5H,4,8H2,1-3H3,(H,9,10)/p-1. The molecule has 60 valence electrons. The van der Waals surface area contributed by atoms with E-state index in [0.29, 0.717) is 0 Å². The highest BCUT2D eigenvalue weighted by molar-refractivity contribution is 7.77. The molecule has 2 nitrogen and oxygen atoms in total. The number of hydrogen-bond donors (Lipinski definition) is 1. The van der Waals surface area contributed by atoms with Gasteiger partial charge in [0.1, 0.15) is 0 Å². The summed E-state index contributed by atoms with van der Waals surface area (Å²) >= 11 is 4.54. The van der Waals surface area contributed by atoms with E-state index in [1.807, 2.05) is 6.92 Å². The first-order valence-electron chi connectivity index (χ1n) is 3.40. The van der Waals surface area contributed by atoms with E-state index in [1.165, 1.54) is 0 Å². The van der Waals surface area contributed by atoms with E-state index in [1.54, 1.807) is 13.8 Å². The molecule has 1 unspecified atom stereocenters. The number of carbonyl (C=O) groups excluding carboxylic acids is 1. The maximum absolute atomic E-state index is 10.8. The second-order valence-corrected chi connectivity index (χ2v) is 3.39. The molecule has 0 heterocycles. The zero-order valence-electron chi connectivity index (χ0n) is 6.68. The molecule has 10 heavy (non-hydrogen) atoms. The molecule has 0 aliphatic carbocycles.